The zero-order valence-corrected chi connectivity index (χ0v) is 11.4. The Morgan fingerprint density at radius 1 is 1.35 bits per heavy atom. The summed E-state index contributed by atoms with van der Waals surface area (Å²) < 4.78 is 0. The number of amides is 1. The fourth-order valence-electron chi connectivity index (χ4n) is 1.43. The van der Waals surface area contributed by atoms with E-state index in [1.165, 1.54) is 0 Å². The van der Waals surface area contributed by atoms with Gasteiger partial charge < -0.3 is 10.2 Å². The highest BCUT2D eigenvalue weighted by Gasteiger charge is 2.17. The molecule has 0 aromatic heterocycles. The Hall–Kier alpha value is -1.51. The van der Waals surface area contributed by atoms with Gasteiger partial charge >= 0.3 is 0 Å². The molecule has 17 heavy (non-hydrogen) atoms. The van der Waals surface area contributed by atoms with Gasteiger partial charge in [-0.3, -0.25) is 4.79 Å². The molecule has 0 bridgehead atoms. The van der Waals surface area contributed by atoms with Crippen molar-refractivity contribution in [1.29, 1.82) is 0 Å². The monoisotopic (exact) mass is 234 g/mol. The third kappa shape index (κ3) is 3.77. The first-order valence-electron chi connectivity index (χ1n) is 5.98. The van der Waals surface area contributed by atoms with Gasteiger partial charge in [0.05, 0.1) is 0 Å². The topological polar surface area (TPSA) is 32.3 Å². The molecule has 0 aliphatic heterocycles. The highest BCUT2D eigenvalue weighted by molar-refractivity contribution is 5.91. The molecule has 0 radical (unpaired) electrons. The number of benzene rings is 1. The molecule has 0 spiro atoms. The maximum absolute atomic E-state index is 11.3. The maximum atomic E-state index is 11.3. The highest BCUT2D eigenvalue weighted by Crippen LogP contribution is 2.24. The molecule has 94 valence electrons. The fraction of sp³-hybridized carbons (Fsp3) is 0.500. The largest absolute Gasteiger partial charge is 0.370 e. The number of nitrogens with one attached hydrogen (secondary N) is 1. The van der Waals surface area contributed by atoms with Gasteiger partial charge in [0.2, 0.25) is 5.91 Å². The Labute approximate surface area is 104 Å². The zero-order chi connectivity index (χ0) is 13.1. The van der Waals surface area contributed by atoms with Crippen LogP contribution in [0.1, 0.15) is 34.1 Å². The molecule has 1 N–H and O–H groups in total. The molecule has 0 aliphatic carbocycles. The van der Waals surface area contributed by atoms with Crippen molar-refractivity contribution in [3.8, 4) is 0 Å². The van der Waals surface area contributed by atoms with Crippen LogP contribution in [-0.4, -0.2) is 18.5 Å². The molecule has 0 saturated carbocycles. The normalized spacial score (nSPS) is 11.1. The standard InChI is InChI=1S/C14H22N2O/c1-6-13(17)15-11-8-7-9-12(10-11)16(5)14(2,3)4/h7-10H,6H2,1-5H3,(H,15,17). The first-order valence-corrected chi connectivity index (χ1v) is 5.98. The lowest BCUT2D eigenvalue weighted by Crippen LogP contribution is -2.38. The molecule has 0 fully saturated rings. The summed E-state index contributed by atoms with van der Waals surface area (Å²) in [5.74, 6) is 0.0422. The van der Waals surface area contributed by atoms with Crippen LogP contribution >= 0.6 is 0 Å². The van der Waals surface area contributed by atoms with E-state index in [0.717, 1.165) is 11.4 Å². The fourth-order valence-corrected chi connectivity index (χ4v) is 1.43. The summed E-state index contributed by atoms with van der Waals surface area (Å²) in [4.78, 5) is 13.5. The van der Waals surface area contributed by atoms with E-state index >= 15 is 0 Å². The van der Waals surface area contributed by atoms with Gasteiger partial charge in [0.1, 0.15) is 0 Å². The molecule has 1 amide bonds. The first kappa shape index (κ1) is 13.6. The SMILES string of the molecule is CCC(=O)Nc1cccc(N(C)C(C)(C)C)c1. The third-order valence-corrected chi connectivity index (χ3v) is 2.84. The van der Waals surface area contributed by atoms with Crippen LogP contribution in [0, 0.1) is 0 Å². The number of hydrogen-bond donors (Lipinski definition) is 1. The molecular formula is C14H22N2O. The number of nitrogens with zero attached hydrogens (tertiary/aromatic N) is 1. The number of anilines is 2. The minimum atomic E-state index is 0.0422. The van der Waals surface area contributed by atoms with Crippen molar-refractivity contribution in [1.82, 2.24) is 0 Å². The second-order valence-electron chi connectivity index (χ2n) is 5.18. The Morgan fingerprint density at radius 2 is 2.00 bits per heavy atom. The van der Waals surface area contributed by atoms with Gasteiger partial charge in [0.15, 0.2) is 0 Å². The molecule has 3 heteroatoms. The van der Waals surface area contributed by atoms with E-state index in [1.54, 1.807) is 0 Å². The first-order chi connectivity index (χ1) is 7.84. The van der Waals surface area contributed by atoms with Crippen molar-refractivity contribution in [3.63, 3.8) is 0 Å². The molecule has 3 nitrogen and oxygen atoms in total. The third-order valence-electron chi connectivity index (χ3n) is 2.84. The minimum absolute atomic E-state index is 0.0422. The molecule has 0 aliphatic rings. The van der Waals surface area contributed by atoms with E-state index in [1.807, 2.05) is 31.2 Å². The lowest BCUT2D eigenvalue weighted by Gasteiger charge is -2.34. The number of rotatable bonds is 3. The van der Waals surface area contributed by atoms with Gasteiger partial charge in [-0.05, 0) is 39.0 Å². The van der Waals surface area contributed by atoms with E-state index in [2.05, 4.69) is 38.0 Å². The lowest BCUT2D eigenvalue weighted by molar-refractivity contribution is -0.115. The average Bonchev–Trinajstić information content (AvgIpc) is 2.27. The summed E-state index contributed by atoms with van der Waals surface area (Å²) in [5.41, 5.74) is 2.02. The van der Waals surface area contributed by atoms with Crippen LogP contribution in [0.3, 0.4) is 0 Å². The van der Waals surface area contributed by atoms with E-state index in [9.17, 15) is 4.79 Å². The Balaban J connectivity index is 2.89. The quantitative estimate of drug-likeness (QED) is 0.870. The van der Waals surface area contributed by atoms with Gasteiger partial charge in [0.25, 0.3) is 0 Å². The highest BCUT2D eigenvalue weighted by atomic mass is 16.1. The van der Waals surface area contributed by atoms with Crippen molar-refractivity contribution < 1.29 is 4.79 Å². The maximum Gasteiger partial charge on any atom is 0.224 e. The molecule has 0 heterocycles. The van der Waals surface area contributed by atoms with Crippen molar-refractivity contribution in [2.45, 2.75) is 39.7 Å². The van der Waals surface area contributed by atoms with Crippen LogP contribution in [0.2, 0.25) is 0 Å². The van der Waals surface area contributed by atoms with Crippen LogP contribution in [0.25, 0.3) is 0 Å². The van der Waals surface area contributed by atoms with Gasteiger partial charge in [-0.1, -0.05) is 13.0 Å². The van der Waals surface area contributed by atoms with Crippen LogP contribution in [0.5, 0.6) is 0 Å². The Kier molecular flexibility index (Phi) is 4.16. The molecule has 0 saturated heterocycles. The van der Waals surface area contributed by atoms with E-state index < -0.39 is 0 Å². The van der Waals surface area contributed by atoms with Gasteiger partial charge in [-0.15, -0.1) is 0 Å². The molecule has 0 unspecified atom stereocenters. The predicted octanol–water partition coefficient (Wildman–Crippen LogP) is 3.27. The van der Waals surface area contributed by atoms with Crippen LogP contribution in [0.4, 0.5) is 11.4 Å². The smallest absolute Gasteiger partial charge is 0.224 e. The molecule has 1 aromatic rings. The Morgan fingerprint density at radius 3 is 2.53 bits per heavy atom. The van der Waals surface area contributed by atoms with Crippen molar-refractivity contribution in [2.24, 2.45) is 0 Å². The average molecular weight is 234 g/mol. The number of carbonyl (C=O) groups excluding carboxylic acids is 1. The molecular weight excluding hydrogens is 212 g/mol. The molecule has 1 aromatic carbocycles. The zero-order valence-electron chi connectivity index (χ0n) is 11.4. The summed E-state index contributed by atoms with van der Waals surface area (Å²) in [5, 5.41) is 2.87. The van der Waals surface area contributed by atoms with E-state index in [0.29, 0.717) is 6.42 Å². The second-order valence-corrected chi connectivity index (χ2v) is 5.18. The van der Waals surface area contributed by atoms with Gasteiger partial charge in [-0.2, -0.15) is 0 Å². The van der Waals surface area contributed by atoms with Gasteiger partial charge in [0, 0.05) is 30.4 Å². The number of hydrogen-bond acceptors (Lipinski definition) is 2. The van der Waals surface area contributed by atoms with Crippen molar-refractivity contribution >= 4 is 17.3 Å². The summed E-state index contributed by atoms with van der Waals surface area (Å²) in [6, 6.07) is 7.92. The molecule has 1 rings (SSSR count). The molecule has 0 atom stereocenters. The summed E-state index contributed by atoms with van der Waals surface area (Å²) in [6.45, 7) is 8.32. The van der Waals surface area contributed by atoms with E-state index in [-0.39, 0.29) is 11.4 Å². The van der Waals surface area contributed by atoms with Crippen LogP contribution in [-0.2, 0) is 4.79 Å². The van der Waals surface area contributed by atoms with Crippen LogP contribution in [0.15, 0.2) is 24.3 Å². The van der Waals surface area contributed by atoms with Crippen molar-refractivity contribution in [3.05, 3.63) is 24.3 Å². The Bertz CT molecular complexity index is 393. The predicted molar refractivity (Wildman–Crippen MR) is 73.5 cm³/mol. The second kappa shape index (κ2) is 5.21. The summed E-state index contributed by atoms with van der Waals surface area (Å²) >= 11 is 0. The lowest BCUT2D eigenvalue weighted by atomic mass is 10.1. The summed E-state index contributed by atoms with van der Waals surface area (Å²) in [7, 11) is 2.06. The number of carbonyl (C=O) groups is 1. The minimum Gasteiger partial charge on any atom is -0.370 e. The van der Waals surface area contributed by atoms with Crippen LogP contribution < -0.4 is 10.2 Å². The van der Waals surface area contributed by atoms with E-state index in [4.69, 9.17) is 0 Å². The van der Waals surface area contributed by atoms with Gasteiger partial charge in [-0.25, -0.2) is 0 Å². The summed E-state index contributed by atoms with van der Waals surface area (Å²) in [6.07, 6.45) is 0.499. The van der Waals surface area contributed by atoms with Crippen molar-refractivity contribution in [2.75, 3.05) is 17.3 Å².